The first-order valence-corrected chi connectivity index (χ1v) is 12.1. The fraction of sp³-hybridized carbons (Fsp3) is 0.480. The summed E-state index contributed by atoms with van der Waals surface area (Å²) in [5, 5.41) is 3.40. The first-order chi connectivity index (χ1) is 17.1. The smallest absolute Gasteiger partial charge is 0.256 e. The molecular weight excluding hydrogens is 446 g/mol. The van der Waals surface area contributed by atoms with Gasteiger partial charge in [0.2, 0.25) is 5.95 Å². The number of hydrogen-bond donors (Lipinski definition) is 1. The van der Waals surface area contributed by atoms with Crippen molar-refractivity contribution >= 4 is 28.6 Å². The molecule has 0 bridgehead atoms. The van der Waals surface area contributed by atoms with E-state index in [4.69, 9.17) is 9.47 Å². The van der Waals surface area contributed by atoms with E-state index in [1.807, 2.05) is 0 Å². The molecule has 2 aromatic heterocycles. The van der Waals surface area contributed by atoms with Gasteiger partial charge in [-0.25, -0.2) is 15.0 Å². The molecule has 3 heterocycles. The number of amides is 1. The predicted octanol–water partition coefficient (Wildman–Crippen LogP) is 2.76. The predicted molar refractivity (Wildman–Crippen MR) is 133 cm³/mol. The van der Waals surface area contributed by atoms with Crippen LogP contribution >= 0.6 is 0 Å². The minimum atomic E-state index is -0.107. The van der Waals surface area contributed by atoms with E-state index in [1.54, 1.807) is 38.9 Å². The van der Waals surface area contributed by atoms with E-state index in [1.165, 1.54) is 4.90 Å². The normalized spacial score (nSPS) is 20.5. The fourth-order valence-corrected chi connectivity index (χ4v) is 4.58. The Kier molecular flexibility index (Phi) is 6.89. The van der Waals surface area contributed by atoms with Crippen molar-refractivity contribution in [2.45, 2.75) is 37.8 Å². The summed E-state index contributed by atoms with van der Waals surface area (Å²) in [6.07, 6.45) is 10.4. The summed E-state index contributed by atoms with van der Waals surface area (Å²) in [7, 11) is 3.42. The van der Waals surface area contributed by atoms with Crippen LogP contribution in [-0.2, 0) is 4.74 Å². The van der Waals surface area contributed by atoms with E-state index in [0.717, 1.165) is 74.5 Å². The molecule has 1 saturated heterocycles. The zero-order valence-electron chi connectivity index (χ0n) is 20.2. The van der Waals surface area contributed by atoms with Crippen LogP contribution in [0.1, 0.15) is 36.0 Å². The molecule has 0 unspecified atom stereocenters. The molecule has 5 rings (SSSR count). The SMILES string of the molecule is CN(C)C(=O)c1cnc(N[C@H]2CC[C@@H](Oc3cc(N4CCOCC4)cc4nccnc34)CC2)nc1. The molecule has 2 fully saturated rings. The molecule has 2 aliphatic rings. The van der Waals surface area contributed by atoms with Gasteiger partial charge in [-0.15, -0.1) is 0 Å². The zero-order valence-corrected chi connectivity index (χ0v) is 20.2. The minimum absolute atomic E-state index is 0.107. The van der Waals surface area contributed by atoms with Crippen LogP contribution in [0.5, 0.6) is 5.75 Å². The molecule has 10 nitrogen and oxygen atoms in total. The molecular formula is C25H31N7O3. The monoisotopic (exact) mass is 477 g/mol. The standard InChI is InChI=1S/C25H31N7O3/c1-31(2)24(33)17-15-28-25(29-16-17)30-18-3-5-20(6-4-18)35-22-14-19(32-9-11-34-12-10-32)13-21-23(22)27-8-7-26-21/h7-8,13-16,18,20H,3-6,9-12H2,1-2H3,(H,28,29,30)/t18-,20+. The Morgan fingerprint density at radius 3 is 2.46 bits per heavy atom. The number of morpholine rings is 1. The van der Waals surface area contributed by atoms with Crippen LogP contribution in [0.25, 0.3) is 11.0 Å². The average Bonchev–Trinajstić information content (AvgIpc) is 2.90. The molecule has 0 spiro atoms. The highest BCUT2D eigenvalue weighted by Gasteiger charge is 2.25. The number of hydrogen-bond acceptors (Lipinski definition) is 9. The van der Waals surface area contributed by atoms with Crippen molar-refractivity contribution < 1.29 is 14.3 Å². The van der Waals surface area contributed by atoms with Crippen LogP contribution in [0, 0.1) is 0 Å². The Balaban J connectivity index is 1.22. The van der Waals surface area contributed by atoms with E-state index in [9.17, 15) is 4.79 Å². The van der Waals surface area contributed by atoms with Crippen LogP contribution in [0.4, 0.5) is 11.6 Å². The summed E-state index contributed by atoms with van der Waals surface area (Å²) in [6.45, 7) is 3.16. The number of nitrogens with zero attached hydrogens (tertiary/aromatic N) is 6. The van der Waals surface area contributed by atoms with Crippen molar-refractivity contribution in [1.82, 2.24) is 24.8 Å². The van der Waals surface area contributed by atoms with Crippen molar-refractivity contribution in [3.8, 4) is 5.75 Å². The van der Waals surface area contributed by atoms with Crippen molar-refractivity contribution in [3.63, 3.8) is 0 Å². The number of benzene rings is 1. The quantitative estimate of drug-likeness (QED) is 0.574. The first kappa shape index (κ1) is 23.2. The lowest BCUT2D eigenvalue weighted by Gasteiger charge is -2.31. The lowest BCUT2D eigenvalue weighted by atomic mass is 9.93. The van der Waals surface area contributed by atoms with Crippen LogP contribution in [0.3, 0.4) is 0 Å². The number of ether oxygens (including phenoxy) is 2. The number of aromatic nitrogens is 4. The number of nitrogens with one attached hydrogen (secondary N) is 1. The maximum atomic E-state index is 12.0. The largest absolute Gasteiger partial charge is 0.488 e. The lowest BCUT2D eigenvalue weighted by molar-refractivity contribution is 0.0826. The Morgan fingerprint density at radius 1 is 1.03 bits per heavy atom. The summed E-state index contributed by atoms with van der Waals surface area (Å²) >= 11 is 0. The van der Waals surface area contributed by atoms with Crippen LogP contribution in [-0.4, -0.2) is 83.3 Å². The van der Waals surface area contributed by atoms with E-state index in [0.29, 0.717) is 11.5 Å². The number of carbonyl (C=O) groups is 1. The summed E-state index contributed by atoms with van der Waals surface area (Å²) in [4.78, 5) is 33.6. The number of rotatable bonds is 6. The van der Waals surface area contributed by atoms with E-state index < -0.39 is 0 Å². The van der Waals surface area contributed by atoms with Gasteiger partial charge in [0.25, 0.3) is 5.91 Å². The number of carbonyl (C=O) groups excluding carboxylic acids is 1. The molecule has 35 heavy (non-hydrogen) atoms. The second-order valence-electron chi connectivity index (χ2n) is 9.20. The zero-order chi connectivity index (χ0) is 24.2. The van der Waals surface area contributed by atoms with Gasteiger partial charge in [0, 0.05) is 69.8 Å². The maximum Gasteiger partial charge on any atom is 0.256 e. The molecule has 1 amide bonds. The molecule has 1 aromatic carbocycles. The van der Waals surface area contributed by atoms with Crippen molar-refractivity contribution in [1.29, 1.82) is 0 Å². The first-order valence-electron chi connectivity index (χ1n) is 12.1. The van der Waals surface area contributed by atoms with Gasteiger partial charge in [0.15, 0.2) is 0 Å². The Hall–Kier alpha value is -3.53. The van der Waals surface area contributed by atoms with E-state index in [2.05, 4.69) is 42.3 Å². The molecule has 0 atom stereocenters. The van der Waals surface area contributed by atoms with Crippen LogP contribution in [0.15, 0.2) is 36.9 Å². The summed E-state index contributed by atoms with van der Waals surface area (Å²) < 4.78 is 12.0. The highest BCUT2D eigenvalue weighted by molar-refractivity contribution is 5.93. The van der Waals surface area contributed by atoms with Gasteiger partial charge in [0.1, 0.15) is 11.3 Å². The van der Waals surface area contributed by atoms with Gasteiger partial charge in [-0.05, 0) is 31.7 Å². The van der Waals surface area contributed by atoms with Crippen molar-refractivity contribution in [3.05, 3.63) is 42.5 Å². The topological polar surface area (TPSA) is 106 Å². The minimum Gasteiger partial charge on any atom is -0.488 e. The van der Waals surface area contributed by atoms with Gasteiger partial charge < -0.3 is 24.6 Å². The maximum absolute atomic E-state index is 12.0. The van der Waals surface area contributed by atoms with Crippen molar-refractivity contribution in [2.24, 2.45) is 0 Å². The molecule has 0 radical (unpaired) electrons. The van der Waals surface area contributed by atoms with Crippen molar-refractivity contribution in [2.75, 3.05) is 50.6 Å². The number of anilines is 2. The summed E-state index contributed by atoms with van der Waals surface area (Å²) in [5.41, 5.74) is 3.22. The third kappa shape index (κ3) is 5.43. The fourth-order valence-electron chi connectivity index (χ4n) is 4.58. The lowest BCUT2D eigenvalue weighted by Crippen LogP contribution is -2.36. The van der Waals surface area contributed by atoms with E-state index >= 15 is 0 Å². The molecule has 3 aromatic rings. The summed E-state index contributed by atoms with van der Waals surface area (Å²) in [5.74, 6) is 1.23. The summed E-state index contributed by atoms with van der Waals surface area (Å²) in [6, 6.07) is 4.44. The molecule has 1 saturated carbocycles. The van der Waals surface area contributed by atoms with Gasteiger partial charge in [0.05, 0.1) is 30.4 Å². The van der Waals surface area contributed by atoms with Gasteiger partial charge >= 0.3 is 0 Å². The van der Waals surface area contributed by atoms with Gasteiger partial charge in [-0.2, -0.15) is 0 Å². The Morgan fingerprint density at radius 2 is 1.74 bits per heavy atom. The molecule has 1 N–H and O–H groups in total. The molecule has 1 aliphatic carbocycles. The highest BCUT2D eigenvalue weighted by Crippen LogP contribution is 2.33. The molecule has 10 heteroatoms. The third-order valence-electron chi connectivity index (χ3n) is 6.51. The second-order valence-corrected chi connectivity index (χ2v) is 9.20. The average molecular weight is 478 g/mol. The van der Waals surface area contributed by atoms with Gasteiger partial charge in [-0.1, -0.05) is 0 Å². The van der Waals surface area contributed by atoms with E-state index in [-0.39, 0.29) is 18.1 Å². The van der Waals surface area contributed by atoms with Crippen LogP contribution < -0.4 is 15.0 Å². The Labute approximate surface area is 204 Å². The van der Waals surface area contributed by atoms with Gasteiger partial charge in [-0.3, -0.25) is 9.78 Å². The third-order valence-corrected chi connectivity index (χ3v) is 6.51. The molecule has 1 aliphatic heterocycles. The highest BCUT2D eigenvalue weighted by atomic mass is 16.5. The van der Waals surface area contributed by atoms with Crippen LogP contribution in [0.2, 0.25) is 0 Å². The Bertz CT molecular complexity index is 1160. The second kappa shape index (κ2) is 10.4. The number of fused-ring (bicyclic) bond motifs is 1. The molecule has 184 valence electrons.